The number of aryl methyl sites for hydroxylation is 2. The van der Waals surface area contributed by atoms with Crippen molar-refractivity contribution in [1.82, 2.24) is 5.32 Å². The zero-order chi connectivity index (χ0) is 10.7. The molecule has 1 saturated heterocycles. The van der Waals surface area contributed by atoms with Gasteiger partial charge >= 0.3 is 0 Å². The summed E-state index contributed by atoms with van der Waals surface area (Å²) in [6.45, 7) is 6.52. The van der Waals surface area contributed by atoms with E-state index in [0.29, 0.717) is 6.04 Å². The second-order valence-electron chi connectivity index (χ2n) is 4.49. The van der Waals surface area contributed by atoms with Crippen LogP contribution in [0.4, 0.5) is 5.69 Å². The Morgan fingerprint density at radius 2 is 2.27 bits per heavy atom. The normalized spacial score (nSPS) is 20.5. The molecular weight excluding hydrogens is 184 g/mol. The van der Waals surface area contributed by atoms with Crippen LogP contribution in [0.5, 0.6) is 0 Å². The molecule has 1 aromatic carbocycles. The van der Waals surface area contributed by atoms with Gasteiger partial charge in [0, 0.05) is 18.3 Å². The van der Waals surface area contributed by atoms with Crippen LogP contribution in [-0.2, 0) is 0 Å². The van der Waals surface area contributed by atoms with E-state index in [4.69, 9.17) is 0 Å². The maximum absolute atomic E-state index is 3.53. The largest absolute Gasteiger partial charge is 0.383 e. The molecule has 2 nitrogen and oxygen atoms in total. The first-order chi connectivity index (χ1) is 7.25. The van der Waals surface area contributed by atoms with Gasteiger partial charge in [0.1, 0.15) is 0 Å². The predicted molar refractivity (Wildman–Crippen MR) is 65.4 cm³/mol. The Balaban J connectivity index is 1.94. The fourth-order valence-electron chi connectivity index (χ4n) is 2.09. The van der Waals surface area contributed by atoms with Crippen LogP contribution in [0.3, 0.4) is 0 Å². The molecule has 0 amide bonds. The van der Waals surface area contributed by atoms with Gasteiger partial charge in [-0.05, 0) is 50.4 Å². The lowest BCUT2D eigenvalue weighted by Crippen LogP contribution is -2.29. The van der Waals surface area contributed by atoms with Gasteiger partial charge in [-0.2, -0.15) is 0 Å². The van der Waals surface area contributed by atoms with Crippen LogP contribution in [-0.4, -0.2) is 19.1 Å². The lowest BCUT2D eigenvalue weighted by Gasteiger charge is -2.14. The first kappa shape index (κ1) is 10.5. The van der Waals surface area contributed by atoms with Crippen molar-refractivity contribution in [2.24, 2.45) is 0 Å². The highest BCUT2D eigenvalue weighted by atomic mass is 15.0. The van der Waals surface area contributed by atoms with Crippen molar-refractivity contribution in [3.8, 4) is 0 Å². The van der Waals surface area contributed by atoms with E-state index in [-0.39, 0.29) is 0 Å². The summed E-state index contributed by atoms with van der Waals surface area (Å²) in [6, 6.07) is 7.23. The molecule has 1 heterocycles. The average molecular weight is 204 g/mol. The van der Waals surface area contributed by atoms with Gasteiger partial charge in [-0.25, -0.2) is 0 Å². The maximum Gasteiger partial charge on any atom is 0.0373 e. The zero-order valence-electron chi connectivity index (χ0n) is 9.64. The maximum atomic E-state index is 3.53. The second-order valence-corrected chi connectivity index (χ2v) is 4.49. The quantitative estimate of drug-likeness (QED) is 0.790. The number of anilines is 1. The highest BCUT2D eigenvalue weighted by Gasteiger charge is 2.13. The second kappa shape index (κ2) is 4.67. The van der Waals surface area contributed by atoms with Crippen molar-refractivity contribution in [2.45, 2.75) is 32.7 Å². The summed E-state index contributed by atoms with van der Waals surface area (Å²) in [5, 5.41) is 7.03. The Kier molecular flexibility index (Phi) is 3.27. The van der Waals surface area contributed by atoms with E-state index >= 15 is 0 Å². The van der Waals surface area contributed by atoms with E-state index < -0.39 is 0 Å². The van der Waals surface area contributed by atoms with Gasteiger partial charge in [-0.15, -0.1) is 0 Å². The molecule has 0 saturated carbocycles. The van der Waals surface area contributed by atoms with Gasteiger partial charge in [-0.3, -0.25) is 0 Å². The van der Waals surface area contributed by atoms with Crippen LogP contribution in [0.1, 0.15) is 24.0 Å². The third-order valence-electron chi connectivity index (χ3n) is 3.09. The van der Waals surface area contributed by atoms with Crippen LogP contribution >= 0.6 is 0 Å². The standard InChI is InChI=1S/C13H20N2/c1-10-5-6-11(2)13(8-10)15-9-12-4-3-7-14-12/h5-6,8,12,14-15H,3-4,7,9H2,1-2H3/t12-/m1/s1. The van der Waals surface area contributed by atoms with Crippen molar-refractivity contribution in [3.05, 3.63) is 29.3 Å². The number of benzene rings is 1. The molecule has 0 spiro atoms. The van der Waals surface area contributed by atoms with Crippen molar-refractivity contribution in [1.29, 1.82) is 0 Å². The molecule has 0 radical (unpaired) electrons. The summed E-state index contributed by atoms with van der Waals surface area (Å²) in [5.41, 5.74) is 3.93. The minimum Gasteiger partial charge on any atom is -0.383 e. The van der Waals surface area contributed by atoms with Gasteiger partial charge in [-0.1, -0.05) is 12.1 Å². The molecular formula is C13H20N2. The molecule has 0 aliphatic carbocycles. The molecule has 1 aromatic rings. The van der Waals surface area contributed by atoms with E-state index in [1.54, 1.807) is 0 Å². The van der Waals surface area contributed by atoms with Crippen LogP contribution in [0, 0.1) is 13.8 Å². The topological polar surface area (TPSA) is 24.1 Å². The molecule has 1 aliphatic heterocycles. The van der Waals surface area contributed by atoms with E-state index in [9.17, 15) is 0 Å². The molecule has 1 aliphatic rings. The minimum atomic E-state index is 0.657. The molecule has 2 rings (SSSR count). The highest BCUT2D eigenvalue weighted by molar-refractivity contribution is 5.52. The summed E-state index contributed by atoms with van der Waals surface area (Å²) in [7, 11) is 0. The smallest absolute Gasteiger partial charge is 0.0373 e. The van der Waals surface area contributed by atoms with E-state index in [1.807, 2.05) is 0 Å². The molecule has 15 heavy (non-hydrogen) atoms. The van der Waals surface area contributed by atoms with E-state index in [1.165, 1.54) is 36.2 Å². The summed E-state index contributed by atoms with van der Waals surface area (Å²) in [6.07, 6.45) is 2.62. The molecule has 82 valence electrons. The molecule has 1 atom stereocenters. The molecule has 0 unspecified atom stereocenters. The van der Waals surface area contributed by atoms with Crippen LogP contribution < -0.4 is 10.6 Å². The van der Waals surface area contributed by atoms with E-state index in [2.05, 4.69) is 42.7 Å². The summed E-state index contributed by atoms with van der Waals surface area (Å²) >= 11 is 0. The van der Waals surface area contributed by atoms with Crippen LogP contribution in [0.15, 0.2) is 18.2 Å². The minimum absolute atomic E-state index is 0.657. The third-order valence-corrected chi connectivity index (χ3v) is 3.09. The van der Waals surface area contributed by atoms with Crippen LogP contribution in [0.2, 0.25) is 0 Å². The lowest BCUT2D eigenvalue weighted by atomic mass is 10.1. The summed E-state index contributed by atoms with van der Waals surface area (Å²) < 4.78 is 0. The van der Waals surface area contributed by atoms with Crippen molar-refractivity contribution < 1.29 is 0 Å². The fraction of sp³-hybridized carbons (Fsp3) is 0.538. The fourth-order valence-corrected chi connectivity index (χ4v) is 2.09. The van der Waals surface area contributed by atoms with Crippen molar-refractivity contribution in [3.63, 3.8) is 0 Å². The Labute approximate surface area is 92.1 Å². The number of hydrogen-bond donors (Lipinski definition) is 2. The van der Waals surface area contributed by atoms with Crippen molar-refractivity contribution in [2.75, 3.05) is 18.4 Å². The van der Waals surface area contributed by atoms with Gasteiger partial charge in [0.05, 0.1) is 0 Å². The van der Waals surface area contributed by atoms with Gasteiger partial charge < -0.3 is 10.6 Å². The SMILES string of the molecule is Cc1ccc(C)c(NC[C@H]2CCCN2)c1. The molecule has 2 N–H and O–H groups in total. The van der Waals surface area contributed by atoms with Gasteiger partial charge in [0.15, 0.2) is 0 Å². The molecule has 2 heteroatoms. The Morgan fingerprint density at radius 3 is 3.00 bits per heavy atom. The van der Waals surface area contributed by atoms with Crippen LogP contribution in [0.25, 0.3) is 0 Å². The third kappa shape index (κ3) is 2.72. The van der Waals surface area contributed by atoms with Gasteiger partial charge in [0.2, 0.25) is 0 Å². The Bertz CT molecular complexity index is 327. The molecule has 1 fully saturated rings. The van der Waals surface area contributed by atoms with E-state index in [0.717, 1.165) is 6.54 Å². The average Bonchev–Trinajstić information content (AvgIpc) is 2.72. The number of rotatable bonds is 3. The summed E-state index contributed by atoms with van der Waals surface area (Å²) in [5.74, 6) is 0. The first-order valence-corrected chi connectivity index (χ1v) is 5.80. The monoisotopic (exact) mass is 204 g/mol. The molecule has 0 bridgehead atoms. The Morgan fingerprint density at radius 1 is 1.40 bits per heavy atom. The summed E-state index contributed by atoms with van der Waals surface area (Å²) in [4.78, 5) is 0. The highest BCUT2D eigenvalue weighted by Crippen LogP contribution is 2.17. The first-order valence-electron chi connectivity index (χ1n) is 5.80. The predicted octanol–water partition coefficient (Wildman–Crippen LogP) is 2.47. The number of hydrogen-bond acceptors (Lipinski definition) is 2. The Hall–Kier alpha value is -1.02. The van der Waals surface area contributed by atoms with Crippen molar-refractivity contribution >= 4 is 5.69 Å². The van der Waals surface area contributed by atoms with Gasteiger partial charge in [0.25, 0.3) is 0 Å². The number of nitrogens with one attached hydrogen (secondary N) is 2. The molecule has 0 aromatic heterocycles. The lowest BCUT2D eigenvalue weighted by molar-refractivity contribution is 0.633. The zero-order valence-corrected chi connectivity index (χ0v) is 9.64.